The summed E-state index contributed by atoms with van der Waals surface area (Å²) < 4.78 is 0. The zero-order valence-corrected chi connectivity index (χ0v) is 15.6. The van der Waals surface area contributed by atoms with E-state index >= 15 is 0 Å². The first-order chi connectivity index (χ1) is 11.4. The van der Waals surface area contributed by atoms with Crippen molar-refractivity contribution < 1.29 is 9.90 Å². The molecule has 0 amide bonds. The summed E-state index contributed by atoms with van der Waals surface area (Å²) in [5.41, 5.74) is 2.75. The molecule has 24 heavy (non-hydrogen) atoms. The van der Waals surface area contributed by atoms with Crippen molar-refractivity contribution in [3.63, 3.8) is 0 Å². The van der Waals surface area contributed by atoms with E-state index in [-0.39, 0.29) is 5.92 Å². The number of carbonyl (C=O) groups is 1. The lowest BCUT2D eigenvalue weighted by Gasteiger charge is -2.33. The number of aliphatic carboxylic acids is 1. The molecule has 1 unspecified atom stereocenters. The van der Waals surface area contributed by atoms with Crippen LogP contribution in [0.25, 0.3) is 0 Å². The fraction of sp³-hybridized carbons (Fsp3) is 0.667. The van der Waals surface area contributed by atoms with E-state index < -0.39 is 5.97 Å². The molecular weight excluding hydrogens is 298 g/mol. The van der Waals surface area contributed by atoms with E-state index in [2.05, 4.69) is 57.3 Å². The van der Waals surface area contributed by atoms with Gasteiger partial charge in [-0.05, 0) is 55.1 Å². The van der Waals surface area contributed by atoms with Crippen molar-refractivity contribution in [2.24, 2.45) is 17.8 Å². The van der Waals surface area contributed by atoms with Crippen molar-refractivity contribution in [1.82, 2.24) is 5.32 Å². The van der Waals surface area contributed by atoms with E-state index in [1.807, 2.05) is 0 Å². The van der Waals surface area contributed by atoms with Crippen molar-refractivity contribution >= 4 is 5.97 Å². The molecule has 0 heterocycles. The molecule has 1 aliphatic rings. The Morgan fingerprint density at radius 1 is 1.08 bits per heavy atom. The van der Waals surface area contributed by atoms with Gasteiger partial charge >= 0.3 is 5.97 Å². The van der Waals surface area contributed by atoms with Gasteiger partial charge in [0.1, 0.15) is 0 Å². The predicted molar refractivity (Wildman–Crippen MR) is 99.1 cm³/mol. The first kappa shape index (κ1) is 19.0. The molecular formula is C21H33NO2. The van der Waals surface area contributed by atoms with Crippen molar-refractivity contribution in [3.05, 3.63) is 35.4 Å². The van der Waals surface area contributed by atoms with E-state index in [0.717, 1.165) is 32.1 Å². The SMILES string of the molecule is CC(C)Cc1ccc(C(NC2CCC(C(=O)O)CC2)C(C)C)cc1. The Morgan fingerprint density at radius 3 is 2.12 bits per heavy atom. The molecule has 1 aliphatic carbocycles. The van der Waals surface area contributed by atoms with E-state index in [1.165, 1.54) is 11.1 Å². The highest BCUT2D eigenvalue weighted by Crippen LogP contribution is 2.29. The first-order valence-corrected chi connectivity index (χ1v) is 9.44. The maximum absolute atomic E-state index is 11.1. The van der Waals surface area contributed by atoms with Gasteiger partial charge in [0.05, 0.1) is 5.92 Å². The molecule has 0 saturated heterocycles. The molecule has 134 valence electrons. The van der Waals surface area contributed by atoms with Crippen molar-refractivity contribution in [3.8, 4) is 0 Å². The zero-order chi connectivity index (χ0) is 17.7. The molecule has 3 heteroatoms. The van der Waals surface area contributed by atoms with Crippen LogP contribution in [-0.2, 0) is 11.2 Å². The predicted octanol–water partition coefficient (Wildman–Crippen LogP) is 4.82. The minimum atomic E-state index is -0.630. The topological polar surface area (TPSA) is 49.3 Å². The van der Waals surface area contributed by atoms with E-state index in [9.17, 15) is 4.79 Å². The summed E-state index contributed by atoms with van der Waals surface area (Å²) in [5, 5.41) is 12.9. The smallest absolute Gasteiger partial charge is 0.306 e. The van der Waals surface area contributed by atoms with Crippen molar-refractivity contribution in [1.29, 1.82) is 0 Å². The summed E-state index contributed by atoms with van der Waals surface area (Å²) in [4.78, 5) is 11.1. The van der Waals surface area contributed by atoms with Gasteiger partial charge in [-0.1, -0.05) is 52.0 Å². The number of carboxylic acids is 1. The van der Waals surface area contributed by atoms with Crippen LogP contribution >= 0.6 is 0 Å². The van der Waals surface area contributed by atoms with E-state index in [1.54, 1.807) is 0 Å². The van der Waals surface area contributed by atoms with Gasteiger partial charge in [0.25, 0.3) is 0 Å². The van der Waals surface area contributed by atoms with Crippen LogP contribution in [0, 0.1) is 17.8 Å². The second-order valence-electron chi connectivity index (χ2n) is 8.11. The van der Waals surface area contributed by atoms with Crippen LogP contribution in [0.3, 0.4) is 0 Å². The lowest BCUT2D eigenvalue weighted by atomic mass is 9.84. The normalized spacial score (nSPS) is 22.8. The highest BCUT2D eigenvalue weighted by Gasteiger charge is 2.28. The van der Waals surface area contributed by atoms with Crippen LogP contribution in [0.2, 0.25) is 0 Å². The standard InChI is InChI=1S/C21H33NO2/c1-14(2)13-16-5-7-17(8-6-16)20(15(3)4)22-19-11-9-18(10-12-19)21(23)24/h5-8,14-15,18-20,22H,9-13H2,1-4H3,(H,23,24). The zero-order valence-electron chi connectivity index (χ0n) is 15.6. The highest BCUT2D eigenvalue weighted by atomic mass is 16.4. The lowest BCUT2D eigenvalue weighted by Crippen LogP contribution is -2.39. The highest BCUT2D eigenvalue weighted by molar-refractivity contribution is 5.70. The average Bonchev–Trinajstić information content (AvgIpc) is 2.53. The van der Waals surface area contributed by atoms with E-state index in [4.69, 9.17) is 5.11 Å². The maximum atomic E-state index is 11.1. The second-order valence-corrected chi connectivity index (χ2v) is 8.11. The van der Waals surface area contributed by atoms with Gasteiger partial charge in [-0.25, -0.2) is 0 Å². The summed E-state index contributed by atoms with van der Waals surface area (Å²) in [6.07, 6.45) is 4.65. The Kier molecular flexibility index (Phi) is 6.85. The third kappa shape index (κ3) is 5.34. The van der Waals surface area contributed by atoms with Crippen molar-refractivity contribution in [2.75, 3.05) is 0 Å². The van der Waals surface area contributed by atoms with Gasteiger partial charge in [-0.2, -0.15) is 0 Å². The molecule has 0 bridgehead atoms. The molecule has 1 saturated carbocycles. The summed E-state index contributed by atoms with van der Waals surface area (Å²) in [6, 6.07) is 9.81. The van der Waals surface area contributed by atoms with Gasteiger partial charge in [-0.3, -0.25) is 4.79 Å². The van der Waals surface area contributed by atoms with Crippen LogP contribution in [0.5, 0.6) is 0 Å². The summed E-state index contributed by atoms with van der Waals surface area (Å²) in [7, 11) is 0. The number of benzene rings is 1. The third-order valence-electron chi connectivity index (χ3n) is 5.14. The Morgan fingerprint density at radius 2 is 1.67 bits per heavy atom. The van der Waals surface area contributed by atoms with Gasteiger partial charge in [-0.15, -0.1) is 0 Å². The number of hydrogen-bond donors (Lipinski definition) is 2. The minimum Gasteiger partial charge on any atom is -0.481 e. The summed E-state index contributed by atoms with van der Waals surface area (Å²) in [6.45, 7) is 9.00. The lowest BCUT2D eigenvalue weighted by molar-refractivity contribution is -0.142. The monoisotopic (exact) mass is 331 g/mol. The largest absolute Gasteiger partial charge is 0.481 e. The number of nitrogens with one attached hydrogen (secondary N) is 1. The Labute approximate surface area is 146 Å². The molecule has 1 aromatic carbocycles. The number of hydrogen-bond acceptors (Lipinski definition) is 2. The van der Waals surface area contributed by atoms with E-state index in [0.29, 0.717) is 23.9 Å². The van der Waals surface area contributed by atoms with Crippen LogP contribution < -0.4 is 5.32 Å². The minimum absolute atomic E-state index is 0.143. The van der Waals surface area contributed by atoms with Crippen molar-refractivity contribution in [2.45, 2.75) is 71.9 Å². The number of rotatable bonds is 7. The van der Waals surface area contributed by atoms with Gasteiger partial charge < -0.3 is 10.4 Å². The molecule has 1 fully saturated rings. The fourth-order valence-electron chi connectivity index (χ4n) is 3.77. The molecule has 0 aromatic heterocycles. The molecule has 2 rings (SSSR count). The third-order valence-corrected chi connectivity index (χ3v) is 5.14. The Bertz CT molecular complexity index is 513. The molecule has 3 nitrogen and oxygen atoms in total. The Balaban J connectivity index is 1.98. The van der Waals surface area contributed by atoms with Crippen LogP contribution in [0.15, 0.2) is 24.3 Å². The average molecular weight is 332 g/mol. The van der Waals surface area contributed by atoms with Gasteiger partial charge in [0.15, 0.2) is 0 Å². The van der Waals surface area contributed by atoms with Gasteiger partial charge in [0, 0.05) is 12.1 Å². The number of carboxylic acid groups (broad SMARTS) is 1. The van der Waals surface area contributed by atoms with Crippen LogP contribution in [0.4, 0.5) is 0 Å². The Hall–Kier alpha value is -1.35. The second kappa shape index (κ2) is 8.66. The molecule has 0 spiro atoms. The summed E-state index contributed by atoms with van der Waals surface area (Å²) >= 11 is 0. The molecule has 0 aliphatic heterocycles. The maximum Gasteiger partial charge on any atom is 0.306 e. The fourth-order valence-corrected chi connectivity index (χ4v) is 3.77. The summed E-state index contributed by atoms with van der Waals surface area (Å²) in [5.74, 6) is 0.419. The van der Waals surface area contributed by atoms with Crippen LogP contribution in [-0.4, -0.2) is 17.1 Å². The molecule has 1 atom stereocenters. The molecule has 2 N–H and O–H groups in total. The first-order valence-electron chi connectivity index (χ1n) is 9.44. The quantitative estimate of drug-likeness (QED) is 0.753. The molecule has 0 radical (unpaired) electrons. The van der Waals surface area contributed by atoms with Crippen LogP contribution in [0.1, 0.15) is 70.5 Å². The molecule has 1 aromatic rings. The van der Waals surface area contributed by atoms with Gasteiger partial charge in [0.2, 0.25) is 0 Å².